The van der Waals surface area contributed by atoms with Gasteiger partial charge in [-0.3, -0.25) is 4.79 Å². The molecule has 3 rings (SSSR count). The number of hydrogen-bond acceptors (Lipinski definition) is 3. The topological polar surface area (TPSA) is 58.6 Å². The van der Waals surface area contributed by atoms with Crippen molar-refractivity contribution in [1.29, 1.82) is 0 Å². The average Bonchev–Trinajstić information content (AvgIpc) is 2.69. The van der Waals surface area contributed by atoms with Gasteiger partial charge < -0.3 is 15.0 Å². The normalized spacial score (nSPS) is 16.9. The highest BCUT2D eigenvalue weighted by atomic mass is 16.5. The van der Waals surface area contributed by atoms with Crippen molar-refractivity contribution in [2.75, 3.05) is 14.2 Å². The van der Waals surface area contributed by atoms with Crippen LogP contribution in [0.25, 0.3) is 6.08 Å². The SMILES string of the molecule is COc1ccc([C@H]2NC(=O)N(C)C=C2C(=O)/C=C/c2ccc(C)cc2)cc1. The largest absolute Gasteiger partial charge is 0.497 e. The zero-order chi connectivity index (χ0) is 19.4. The molecule has 1 N–H and O–H groups in total. The zero-order valence-electron chi connectivity index (χ0n) is 15.6. The third-order valence-corrected chi connectivity index (χ3v) is 4.47. The summed E-state index contributed by atoms with van der Waals surface area (Å²) in [6.45, 7) is 2.02. The maximum Gasteiger partial charge on any atom is 0.321 e. The maximum absolute atomic E-state index is 12.8. The lowest BCUT2D eigenvalue weighted by Gasteiger charge is -2.29. The van der Waals surface area contributed by atoms with E-state index in [-0.39, 0.29) is 11.8 Å². The molecule has 1 heterocycles. The van der Waals surface area contributed by atoms with E-state index in [4.69, 9.17) is 4.74 Å². The van der Waals surface area contributed by atoms with Crippen molar-refractivity contribution in [3.63, 3.8) is 0 Å². The van der Waals surface area contributed by atoms with E-state index < -0.39 is 6.04 Å². The molecule has 2 aromatic carbocycles. The lowest BCUT2D eigenvalue weighted by atomic mass is 9.94. The highest BCUT2D eigenvalue weighted by Gasteiger charge is 2.29. The lowest BCUT2D eigenvalue weighted by Crippen LogP contribution is -2.43. The number of nitrogens with one attached hydrogen (secondary N) is 1. The summed E-state index contributed by atoms with van der Waals surface area (Å²) in [4.78, 5) is 26.3. The molecule has 0 spiro atoms. The van der Waals surface area contributed by atoms with Gasteiger partial charge in [0.1, 0.15) is 5.75 Å². The molecule has 0 aliphatic carbocycles. The third kappa shape index (κ3) is 4.26. The Labute approximate surface area is 158 Å². The molecule has 0 aromatic heterocycles. The Morgan fingerprint density at radius 2 is 1.78 bits per heavy atom. The number of allylic oxidation sites excluding steroid dienone is 1. The first-order valence-corrected chi connectivity index (χ1v) is 8.66. The van der Waals surface area contributed by atoms with E-state index in [0.717, 1.165) is 16.7 Å². The second-order valence-electron chi connectivity index (χ2n) is 6.46. The van der Waals surface area contributed by atoms with Gasteiger partial charge in [0.05, 0.1) is 13.2 Å². The van der Waals surface area contributed by atoms with Crippen LogP contribution in [0.5, 0.6) is 5.75 Å². The Morgan fingerprint density at radius 1 is 1.11 bits per heavy atom. The average molecular weight is 362 g/mol. The summed E-state index contributed by atoms with van der Waals surface area (Å²) in [5.74, 6) is 0.567. The summed E-state index contributed by atoms with van der Waals surface area (Å²) < 4.78 is 5.18. The third-order valence-electron chi connectivity index (χ3n) is 4.47. The lowest BCUT2D eigenvalue weighted by molar-refractivity contribution is -0.111. The monoisotopic (exact) mass is 362 g/mol. The van der Waals surface area contributed by atoms with E-state index in [9.17, 15) is 9.59 Å². The van der Waals surface area contributed by atoms with E-state index in [1.165, 1.54) is 4.90 Å². The summed E-state index contributed by atoms with van der Waals surface area (Å²) >= 11 is 0. The molecule has 0 radical (unpaired) electrons. The molecule has 138 valence electrons. The number of carbonyl (C=O) groups excluding carboxylic acids is 2. The Bertz CT molecular complexity index is 896. The van der Waals surface area contributed by atoms with Gasteiger partial charge in [-0.15, -0.1) is 0 Å². The number of amides is 2. The molecule has 0 fully saturated rings. The van der Waals surface area contributed by atoms with Gasteiger partial charge in [0, 0.05) is 18.8 Å². The smallest absolute Gasteiger partial charge is 0.321 e. The van der Waals surface area contributed by atoms with E-state index in [2.05, 4.69) is 5.32 Å². The predicted octanol–water partition coefficient (Wildman–Crippen LogP) is 3.87. The summed E-state index contributed by atoms with van der Waals surface area (Å²) in [5, 5.41) is 2.88. The van der Waals surface area contributed by atoms with E-state index in [1.807, 2.05) is 55.5 Å². The summed E-state index contributed by atoms with van der Waals surface area (Å²) in [6.07, 6.45) is 4.91. The molecule has 2 amide bonds. The van der Waals surface area contributed by atoms with Crippen LogP contribution in [0, 0.1) is 6.92 Å². The van der Waals surface area contributed by atoms with Gasteiger partial charge in [-0.25, -0.2) is 4.79 Å². The molecular formula is C22H22N2O3. The summed E-state index contributed by atoms with van der Waals surface area (Å²) in [7, 11) is 3.22. The van der Waals surface area contributed by atoms with Crippen molar-refractivity contribution in [3.8, 4) is 5.75 Å². The van der Waals surface area contributed by atoms with Gasteiger partial charge in [-0.2, -0.15) is 0 Å². The number of nitrogens with zero attached hydrogens (tertiary/aromatic N) is 1. The molecule has 0 unspecified atom stereocenters. The van der Waals surface area contributed by atoms with Crippen LogP contribution < -0.4 is 10.1 Å². The van der Waals surface area contributed by atoms with Crippen LogP contribution in [0.4, 0.5) is 4.79 Å². The number of benzene rings is 2. The first kappa shape index (κ1) is 18.5. The van der Waals surface area contributed by atoms with Crippen LogP contribution in [0.1, 0.15) is 22.7 Å². The minimum Gasteiger partial charge on any atom is -0.497 e. The molecule has 27 heavy (non-hydrogen) atoms. The molecule has 1 aliphatic heterocycles. The second-order valence-corrected chi connectivity index (χ2v) is 6.46. The fourth-order valence-corrected chi connectivity index (χ4v) is 2.86. The zero-order valence-corrected chi connectivity index (χ0v) is 15.6. The fraction of sp³-hybridized carbons (Fsp3) is 0.182. The number of aryl methyl sites for hydroxylation is 1. The van der Waals surface area contributed by atoms with Gasteiger partial charge in [-0.05, 0) is 36.3 Å². The molecule has 2 aromatic rings. The van der Waals surface area contributed by atoms with Crippen LogP contribution in [0.2, 0.25) is 0 Å². The van der Waals surface area contributed by atoms with Gasteiger partial charge in [0.25, 0.3) is 0 Å². The molecule has 5 nitrogen and oxygen atoms in total. The summed E-state index contributed by atoms with van der Waals surface area (Å²) in [6, 6.07) is 14.5. The number of rotatable bonds is 5. The molecule has 5 heteroatoms. The van der Waals surface area contributed by atoms with Crippen molar-refractivity contribution in [3.05, 3.63) is 83.1 Å². The van der Waals surface area contributed by atoms with Crippen molar-refractivity contribution >= 4 is 17.9 Å². The molecule has 0 saturated carbocycles. The second kappa shape index (κ2) is 7.91. The Hall–Kier alpha value is -3.34. The van der Waals surface area contributed by atoms with Crippen LogP contribution in [0.15, 0.2) is 66.4 Å². The van der Waals surface area contributed by atoms with Crippen LogP contribution in [-0.2, 0) is 4.79 Å². The van der Waals surface area contributed by atoms with Crippen molar-refractivity contribution < 1.29 is 14.3 Å². The molecule has 0 saturated heterocycles. The van der Waals surface area contributed by atoms with Crippen LogP contribution in [-0.4, -0.2) is 30.9 Å². The minimum absolute atomic E-state index is 0.150. The highest BCUT2D eigenvalue weighted by Crippen LogP contribution is 2.28. The number of carbonyl (C=O) groups is 2. The molecular weight excluding hydrogens is 340 g/mol. The Kier molecular flexibility index (Phi) is 5.41. The van der Waals surface area contributed by atoms with Crippen LogP contribution >= 0.6 is 0 Å². The molecule has 1 aliphatic rings. The number of hydrogen-bond donors (Lipinski definition) is 1. The quantitative estimate of drug-likeness (QED) is 0.822. The van der Waals surface area contributed by atoms with E-state index in [0.29, 0.717) is 11.3 Å². The van der Waals surface area contributed by atoms with E-state index in [1.54, 1.807) is 32.5 Å². The van der Waals surface area contributed by atoms with Crippen LogP contribution in [0.3, 0.4) is 0 Å². The van der Waals surface area contributed by atoms with Gasteiger partial charge in [0.15, 0.2) is 5.78 Å². The van der Waals surface area contributed by atoms with Gasteiger partial charge in [0.2, 0.25) is 0 Å². The number of ether oxygens (including phenoxy) is 1. The number of methoxy groups -OCH3 is 1. The highest BCUT2D eigenvalue weighted by molar-refractivity contribution is 6.08. The molecule has 1 atom stereocenters. The first-order chi connectivity index (χ1) is 13.0. The van der Waals surface area contributed by atoms with Crippen molar-refractivity contribution in [1.82, 2.24) is 10.2 Å². The number of ketones is 1. The Morgan fingerprint density at radius 3 is 2.41 bits per heavy atom. The Balaban J connectivity index is 1.88. The number of urea groups is 1. The maximum atomic E-state index is 12.8. The first-order valence-electron chi connectivity index (χ1n) is 8.66. The van der Waals surface area contributed by atoms with Gasteiger partial charge in [-0.1, -0.05) is 48.0 Å². The van der Waals surface area contributed by atoms with Gasteiger partial charge >= 0.3 is 6.03 Å². The fourth-order valence-electron chi connectivity index (χ4n) is 2.86. The standard InChI is InChI=1S/C22H22N2O3/c1-15-4-6-16(7-5-15)8-13-20(25)19-14-24(2)22(26)23-21(19)17-9-11-18(27-3)12-10-17/h4-14,21H,1-3H3,(H,23,26)/b13-8+/t21-/m1/s1. The van der Waals surface area contributed by atoms with Crippen molar-refractivity contribution in [2.24, 2.45) is 0 Å². The minimum atomic E-state index is -0.505. The predicted molar refractivity (Wildman–Crippen MR) is 105 cm³/mol. The summed E-state index contributed by atoms with van der Waals surface area (Å²) in [5.41, 5.74) is 3.44. The van der Waals surface area contributed by atoms with Crippen molar-refractivity contribution in [2.45, 2.75) is 13.0 Å². The molecule has 0 bridgehead atoms. The van der Waals surface area contributed by atoms with E-state index >= 15 is 0 Å².